The smallest absolute Gasteiger partial charge is 0.306 e. The van der Waals surface area contributed by atoms with Gasteiger partial charge in [0.25, 0.3) is 0 Å². The Bertz CT molecular complexity index is 1010. The normalized spacial score (nSPS) is 12.1. The molecule has 0 unspecified atom stereocenters. The molecule has 0 aromatic rings. The Labute approximate surface area is 406 Å². The molecule has 0 aromatic heterocycles. The zero-order valence-electron chi connectivity index (χ0n) is 44.8. The molecule has 0 radical (unpaired) electrons. The summed E-state index contributed by atoms with van der Waals surface area (Å²) in [5, 5.41) is 0. The van der Waals surface area contributed by atoms with Gasteiger partial charge in [0.1, 0.15) is 13.2 Å². The number of carbonyl (C=O) groups is 3. The predicted molar refractivity (Wildman–Crippen MR) is 279 cm³/mol. The third-order valence-electron chi connectivity index (χ3n) is 13.4. The second kappa shape index (κ2) is 50.3. The van der Waals surface area contributed by atoms with Gasteiger partial charge in [-0.1, -0.05) is 286 Å². The first-order chi connectivity index (χ1) is 31.6. The molecule has 0 aromatic carbocycles. The summed E-state index contributed by atoms with van der Waals surface area (Å²) in [6.45, 7) is 13.8. The quantitative estimate of drug-likeness (QED) is 0.0344. The van der Waals surface area contributed by atoms with Gasteiger partial charge >= 0.3 is 17.9 Å². The summed E-state index contributed by atoms with van der Waals surface area (Å²) in [6.07, 6.45) is 52.3. The van der Waals surface area contributed by atoms with E-state index < -0.39 is 6.10 Å². The van der Waals surface area contributed by atoms with Crippen LogP contribution in [0.3, 0.4) is 0 Å². The summed E-state index contributed by atoms with van der Waals surface area (Å²) < 4.78 is 16.9. The van der Waals surface area contributed by atoms with Crippen molar-refractivity contribution in [2.24, 2.45) is 17.8 Å². The summed E-state index contributed by atoms with van der Waals surface area (Å²) in [7, 11) is 0. The van der Waals surface area contributed by atoms with Crippen LogP contribution >= 0.6 is 0 Å². The lowest BCUT2D eigenvalue weighted by atomic mass is 10.0. The zero-order valence-corrected chi connectivity index (χ0v) is 44.8. The molecule has 0 spiro atoms. The average Bonchev–Trinajstić information content (AvgIpc) is 3.26. The van der Waals surface area contributed by atoms with Crippen LogP contribution in [0.15, 0.2) is 0 Å². The molecular weight excluding hydrogens is 805 g/mol. The van der Waals surface area contributed by atoms with E-state index in [2.05, 4.69) is 41.5 Å². The average molecular weight is 920 g/mol. The summed E-state index contributed by atoms with van der Waals surface area (Å²) in [6, 6.07) is 0. The Morgan fingerprint density at radius 1 is 0.262 bits per heavy atom. The van der Waals surface area contributed by atoms with E-state index in [1.807, 2.05) is 0 Å². The van der Waals surface area contributed by atoms with Gasteiger partial charge in [0.15, 0.2) is 6.10 Å². The molecule has 0 N–H and O–H groups in total. The maximum Gasteiger partial charge on any atom is 0.306 e. The standard InChI is InChI=1S/C59H114O6/c1-53(2)45-39-33-27-21-15-9-7-11-18-24-30-36-42-48-57(60)63-51-56(52-64-58(61)49-43-37-31-25-19-14-13-17-23-29-35-41-47-55(5)6)65-59(62)50-44-38-32-26-20-12-8-10-16-22-28-34-40-46-54(3)4/h53-56H,7-52H2,1-6H3/t56-/m1/s1. The van der Waals surface area contributed by atoms with Crippen molar-refractivity contribution in [3.05, 3.63) is 0 Å². The fourth-order valence-corrected chi connectivity index (χ4v) is 9.00. The molecule has 0 saturated carbocycles. The van der Waals surface area contributed by atoms with Gasteiger partial charge in [0, 0.05) is 19.3 Å². The van der Waals surface area contributed by atoms with Crippen LogP contribution < -0.4 is 0 Å². The van der Waals surface area contributed by atoms with E-state index in [9.17, 15) is 14.4 Å². The van der Waals surface area contributed by atoms with Gasteiger partial charge in [0.05, 0.1) is 0 Å². The van der Waals surface area contributed by atoms with Crippen LogP contribution in [0, 0.1) is 17.8 Å². The number of ether oxygens (including phenoxy) is 3. The number of carbonyl (C=O) groups excluding carboxylic acids is 3. The lowest BCUT2D eigenvalue weighted by Gasteiger charge is -2.18. The minimum absolute atomic E-state index is 0.0634. The van der Waals surface area contributed by atoms with Crippen molar-refractivity contribution in [1.82, 2.24) is 0 Å². The van der Waals surface area contributed by atoms with Crippen LogP contribution in [-0.2, 0) is 28.6 Å². The minimum Gasteiger partial charge on any atom is -0.462 e. The molecule has 6 nitrogen and oxygen atoms in total. The molecule has 1 atom stereocenters. The molecule has 0 aliphatic rings. The Balaban J connectivity index is 4.31. The summed E-state index contributed by atoms with van der Waals surface area (Å²) in [5.41, 5.74) is 0. The second-order valence-corrected chi connectivity index (χ2v) is 21.7. The fourth-order valence-electron chi connectivity index (χ4n) is 9.00. The summed E-state index contributed by atoms with van der Waals surface area (Å²) >= 11 is 0. The van der Waals surface area contributed by atoms with Crippen molar-refractivity contribution in [1.29, 1.82) is 0 Å². The molecule has 0 bridgehead atoms. The van der Waals surface area contributed by atoms with E-state index in [0.29, 0.717) is 19.3 Å². The Kier molecular flexibility index (Phi) is 49.1. The molecule has 0 aliphatic carbocycles. The van der Waals surface area contributed by atoms with Gasteiger partial charge in [-0.3, -0.25) is 14.4 Å². The topological polar surface area (TPSA) is 78.9 Å². The number of rotatable bonds is 52. The van der Waals surface area contributed by atoms with Gasteiger partial charge in [-0.2, -0.15) is 0 Å². The van der Waals surface area contributed by atoms with Gasteiger partial charge < -0.3 is 14.2 Å². The van der Waals surface area contributed by atoms with Crippen molar-refractivity contribution >= 4 is 17.9 Å². The van der Waals surface area contributed by atoms with E-state index in [4.69, 9.17) is 14.2 Å². The molecule has 386 valence electrons. The van der Waals surface area contributed by atoms with Crippen molar-refractivity contribution < 1.29 is 28.6 Å². The van der Waals surface area contributed by atoms with E-state index >= 15 is 0 Å². The second-order valence-electron chi connectivity index (χ2n) is 21.7. The number of hydrogen-bond donors (Lipinski definition) is 0. The molecule has 0 rings (SSSR count). The van der Waals surface area contributed by atoms with Gasteiger partial charge in [-0.15, -0.1) is 0 Å². The fraction of sp³-hybridized carbons (Fsp3) is 0.949. The first-order valence-corrected chi connectivity index (χ1v) is 29.1. The third kappa shape index (κ3) is 53.2. The molecule has 65 heavy (non-hydrogen) atoms. The van der Waals surface area contributed by atoms with E-state index in [0.717, 1.165) is 75.5 Å². The minimum atomic E-state index is -0.764. The first-order valence-electron chi connectivity index (χ1n) is 29.1. The van der Waals surface area contributed by atoms with Crippen LogP contribution in [-0.4, -0.2) is 37.2 Å². The molecule has 0 amide bonds. The highest BCUT2D eigenvalue weighted by atomic mass is 16.6. The molecule has 0 fully saturated rings. The molecule has 6 heteroatoms. The van der Waals surface area contributed by atoms with Crippen LogP contribution in [0.1, 0.15) is 324 Å². The lowest BCUT2D eigenvalue weighted by molar-refractivity contribution is -0.167. The first kappa shape index (κ1) is 63.4. The van der Waals surface area contributed by atoms with Crippen LogP contribution in [0.4, 0.5) is 0 Å². The van der Waals surface area contributed by atoms with Crippen LogP contribution in [0.25, 0.3) is 0 Å². The van der Waals surface area contributed by atoms with Crippen molar-refractivity contribution in [2.45, 2.75) is 330 Å². The predicted octanol–water partition coefficient (Wildman–Crippen LogP) is 19.1. The Morgan fingerprint density at radius 3 is 0.662 bits per heavy atom. The van der Waals surface area contributed by atoms with E-state index in [-0.39, 0.29) is 31.1 Å². The molecule has 0 heterocycles. The van der Waals surface area contributed by atoms with Crippen molar-refractivity contribution in [3.8, 4) is 0 Å². The SMILES string of the molecule is CC(C)CCCCCCCCCCCCCCCC(=O)OC[C@H](COC(=O)CCCCCCCCCCCCCCC(C)C)OC(=O)CCCCCCCCCCCCCCCC(C)C. The van der Waals surface area contributed by atoms with Gasteiger partial charge in [-0.05, 0) is 37.0 Å². The maximum atomic E-state index is 12.9. The number of hydrogen-bond acceptors (Lipinski definition) is 6. The van der Waals surface area contributed by atoms with E-state index in [1.54, 1.807) is 0 Å². The van der Waals surface area contributed by atoms with Crippen LogP contribution in [0.2, 0.25) is 0 Å². The largest absolute Gasteiger partial charge is 0.462 e. The Morgan fingerprint density at radius 2 is 0.446 bits per heavy atom. The number of esters is 3. The summed E-state index contributed by atoms with van der Waals surface area (Å²) in [4.78, 5) is 38.2. The van der Waals surface area contributed by atoms with E-state index in [1.165, 1.54) is 205 Å². The highest BCUT2D eigenvalue weighted by Crippen LogP contribution is 2.18. The van der Waals surface area contributed by atoms with Crippen molar-refractivity contribution in [3.63, 3.8) is 0 Å². The van der Waals surface area contributed by atoms with Crippen LogP contribution in [0.5, 0.6) is 0 Å². The third-order valence-corrected chi connectivity index (χ3v) is 13.4. The monoisotopic (exact) mass is 919 g/mol. The maximum absolute atomic E-state index is 12.9. The lowest BCUT2D eigenvalue weighted by Crippen LogP contribution is -2.30. The zero-order chi connectivity index (χ0) is 47.7. The number of unbranched alkanes of at least 4 members (excludes halogenated alkanes) is 35. The highest BCUT2D eigenvalue weighted by Gasteiger charge is 2.19. The highest BCUT2D eigenvalue weighted by molar-refractivity contribution is 5.71. The van der Waals surface area contributed by atoms with Gasteiger partial charge in [0.2, 0.25) is 0 Å². The van der Waals surface area contributed by atoms with Gasteiger partial charge in [-0.25, -0.2) is 0 Å². The molecule has 0 aliphatic heterocycles. The van der Waals surface area contributed by atoms with Crippen molar-refractivity contribution in [2.75, 3.05) is 13.2 Å². The molecular formula is C59H114O6. The summed E-state index contributed by atoms with van der Waals surface area (Å²) in [5.74, 6) is 1.67. The molecule has 0 saturated heterocycles. The Hall–Kier alpha value is -1.59.